The Labute approximate surface area is 304 Å². The molecule has 0 aliphatic carbocycles. The number of benzene rings is 2. The summed E-state index contributed by atoms with van der Waals surface area (Å²) in [5, 5.41) is 0. The number of hydrogen-bond acceptors (Lipinski definition) is 22. The molecule has 0 N–H and O–H groups in total. The SMILES string of the molecule is CCOC(=O)COc1c2cc(C(=O)OC)cc1Oc1nc(OC)nc(n1)Oc1cc(C(=O)OC)cc(c1OCC(=O)OCC)Oc1nc(OC)nc(n1)O2. The van der Waals surface area contributed by atoms with E-state index in [4.69, 9.17) is 56.8 Å². The molecule has 1 aliphatic heterocycles. The lowest BCUT2D eigenvalue weighted by Gasteiger charge is -2.19. The monoisotopic (exact) mass is 754 g/mol. The van der Waals surface area contributed by atoms with E-state index < -0.39 is 61.1 Å². The van der Waals surface area contributed by atoms with Gasteiger partial charge in [-0.2, -0.15) is 0 Å². The van der Waals surface area contributed by atoms with Crippen LogP contribution in [0.1, 0.15) is 34.6 Å². The second kappa shape index (κ2) is 17.3. The van der Waals surface area contributed by atoms with Gasteiger partial charge in [0.15, 0.2) is 36.2 Å². The van der Waals surface area contributed by atoms with Crippen molar-refractivity contribution in [3.63, 3.8) is 0 Å². The average molecular weight is 755 g/mol. The van der Waals surface area contributed by atoms with Gasteiger partial charge in [0, 0.05) is 0 Å². The van der Waals surface area contributed by atoms with Crippen LogP contribution in [0.25, 0.3) is 0 Å². The van der Waals surface area contributed by atoms with Crippen molar-refractivity contribution in [2.75, 3.05) is 54.9 Å². The van der Waals surface area contributed by atoms with Crippen LogP contribution in [0.5, 0.6) is 70.6 Å². The van der Waals surface area contributed by atoms with Gasteiger partial charge in [0.25, 0.3) is 0 Å². The minimum atomic E-state index is -0.846. The average Bonchev–Trinajstić information content (AvgIpc) is 3.15. The molecule has 5 rings (SSSR count). The molecule has 2 aromatic heterocycles. The van der Waals surface area contributed by atoms with Crippen molar-refractivity contribution in [1.82, 2.24) is 29.9 Å². The maximum Gasteiger partial charge on any atom is 0.344 e. The topological polar surface area (TPSA) is 256 Å². The van der Waals surface area contributed by atoms with Gasteiger partial charge in [-0.3, -0.25) is 0 Å². The Hall–Kier alpha value is -7.26. The van der Waals surface area contributed by atoms with Gasteiger partial charge in [-0.15, -0.1) is 29.9 Å². The van der Waals surface area contributed by atoms with E-state index in [1.807, 2.05) is 0 Å². The van der Waals surface area contributed by atoms with E-state index in [-0.39, 0.29) is 70.9 Å². The lowest BCUT2D eigenvalue weighted by molar-refractivity contribution is -0.146. The third-order valence-electron chi connectivity index (χ3n) is 6.48. The minimum Gasteiger partial charge on any atom is -0.474 e. The van der Waals surface area contributed by atoms with E-state index in [0.717, 1.165) is 14.2 Å². The predicted molar refractivity (Wildman–Crippen MR) is 173 cm³/mol. The molecule has 54 heavy (non-hydrogen) atoms. The van der Waals surface area contributed by atoms with E-state index in [1.165, 1.54) is 38.5 Å². The van der Waals surface area contributed by atoms with Crippen LogP contribution in [0.4, 0.5) is 0 Å². The molecule has 0 spiro atoms. The number of carbonyl (C=O) groups excluding carboxylic acids is 4. The van der Waals surface area contributed by atoms with Gasteiger partial charge in [-0.05, 0) is 38.1 Å². The van der Waals surface area contributed by atoms with Crippen molar-refractivity contribution in [3.05, 3.63) is 35.4 Å². The van der Waals surface area contributed by atoms with E-state index >= 15 is 0 Å². The van der Waals surface area contributed by atoms with Crippen LogP contribution in [0.3, 0.4) is 0 Å². The van der Waals surface area contributed by atoms with E-state index in [0.29, 0.717) is 0 Å². The fourth-order valence-electron chi connectivity index (χ4n) is 4.28. The lowest BCUT2D eigenvalue weighted by Crippen LogP contribution is -2.16. The van der Waals surface area contributed by atoms with Crippen molar-refractivity contribution in [2.45, 2.75) is 13.8 Å². The summed E-state index contributed by atoms with van der Waals surface area (Å²) in [5.74, 6) is -5.06. The van der Waals surface area contributed by atoms with Crippen LogP contribution in [-0.2, 0) is 28.5 Å². The highest BCUT2D eigenvalue weighted by Gasteiger charge is 2.27. The van der Waals surface area contributed by atoms with Crippen molar-refractivity contribution < 1.29 is 76.0 Å². The predicted octanol–water partition coefficient (Wildman–Crippen LogP) is 3.01. The smallest absolute Gasteiger partial charge is 0.344 e. The highest BCUT2D eigenvalue weighted by molar-refractivity contribution is 5.92. The Balaban J connectivity index is 1.78. The van der Waals surface area contributed by atoms with E-state index in [1.54, 1.807) is 13.8 Å². The number of aromatic nitrogens is 6. The molecular formula is C32H30N6O16. The molecule has 0 unspecified atom stereocenters. The van der Waals surface area contributed by atoms with Gasteiger partial charge in [-0.25, -0.2) is 19.2 Å². The summed E-state index contributed by atoms with van der Waals surface area (Å²) in [5.41, 5.74) is -0.286. The van der Waals surface area contributed by atoms with Crippen molar-refractivity contribution >= 4 is 23.9 Å². The van der Waals surface area contributed by atoms with Crippen LogP contribution in [0, 0.1) is 0 Å². The number of esters is 4. The van der Waals surface area contributed by atoms with Crippen molar-refractivity contribution in [2.24, 2.45) is 0 Å². The Morgan fingerprint density at radius 3 is 1.09 bits per heavy atom. The first-order valence-corrected chi connectivity index (χ1v) is 15.5. The third kappa shape index (κ3) is 9.15. The second-order valence-corrected chi connectivity index (χ2v) is 9.96. The zero-order chi connectivity index (χ0) is 38.8. The summed E-state index contributed by atoms with van der Waals surface area (Å²) >= 11 is 0. The molecule has 2 aromatic carbocycles. The first-order valence-electron chi connectivity index (χ1n) is 15.5. The molecule has 0 saturated carbocycles. The molecule has 22 nitrogen and oxygen atoms in total. The molecule has 3 heterocycles. The first kappa shape index (κ1) is 38.0. The molecule has 1 aliphatic rings. The molecule has 284 valence electrons. The molecule has 0 fully saturated rings. The summed E-state index contributed by atoms with van der Waals surface area (Å²) < 4.78 is 65.7. The zero-order valence-electron chi connectivity index (χ0n) is 29.4. The van der Waals surface area contributed by atoms with Crippen LogP contribution in [-0.4, -0.2) is 109 Å². The molecule has 0 radical (unpaired) electrons. The number of nitrogens with zero attached hydrogens (tertiary/aromatic N) is 6. The number of ether oxygens (including phenoxy) is 12. The summed E-state index contributed by atoms with van der Waals surface area (Å²) in [7, 11) is 4.75. The number of rotatable bonds is 12. The van der Waals surface area contributed by atoms with Crippen LogP contribution in [0.15, 0.2) is 24.3 Å². The molecule has 4 aromatic rings. The molecule has 0 atom stereocenters. The minimum absolute atomic E-state index is 0.0514. The van der Waals surface area contributed by atoms with Gasteiger partial charge in [0.05, 0.1) is 52.8 Å². The molecule has 22 heteroatoms. The number of methoxy groups -OCH3 is 4. The Morgan fingerprint density at radius 1 is 0.519 bits per heavy atom. The molecule has 0 saturated heterocycles. The maximum absolute atomic E-state index is 12.8. The van der Waals surface area contributed by atoms with Crippen molar-refractivity contribution in [3.8, 4) is 70.6 Å². The van der Waals surface area contributed by atoms with E-state index in [9.17, 15) is 19.2 Å². The number of fused-ring (bicyclic) bond motifs is 8. The molecule has 0 amide bonds. The highest BCUT2D eigenvalue weighted by atomic mass is 16.6. The van der Waals surface area contributed by atoms with Crippen LogP contribution in [0.2, 0.25) is 0 Å². The van der Waals surface area contributed by atoms with Crippen LogP contribution >= 0.6 is 0 Å². The van der Waals surface area contributed by atoms with Gasteiger partial charge >= 0.3 is 59.9 Å². The summed E-state index contributed by atoms with van der Waals surface area (Å²) in [6, 6.07) is 1.94. The Kier molecular flexibility index (Phi) is 12.2. The second-order valence-electron chi connectivity index (χ2n) is 9.96. The first-order chi connectivity index (χ1) is 26.1. The Morgan fingerprint density at radius 2 is 0.833 bits per heavy atom. The van der Waals surface area contributed by atoms with Gasteiger partial charge in [0.1, 0.15) is 0 Å². The quantitative estimate of drug-likeness (QED) is 0.131. The van der Waals surface area contributed by atoms with Gasteiger partial charge in [-0.1, -0.05) is 0 Å². The number of hydrogen-bond donors (Lipinski definition) is 0. The number of carbonyl (C=O) groups is 4. The standard InChI is InChI=1S/C32H30N6O16/c1-7-47-21(39)13-49-23-17-9-15(25(41)43-3)10-18(23)52-30-34-28(46-6)36-32(38-30)54-20-12-16(26(42)44-4)11-19(24(20)50-14-22(40)48-8-2)53-31-35-27(45-5)33-29(37-31)51-17/h9-12H,7-8,13-14H2,1-6H3. The highest BCUT2D eigenvalue weighted by Crippen LogP contribution is 2.45. The van der Waals surface area contributed by atoms with Gasteiger partial charge < -0.3 is 56.8 Å². The van der Waals surface area contributed by atoms with Crippen LogP contribution < -0.4 is 37.9 Å². The van der Waals surface area contributed by atoms with E-state index in [2.05, 4.69) is 29.9 Å². The van der Waals surface area contributed by atoms with Gasteiger partial charge in [0.2, 0.25) is 11.5 Å². The molecule has 8 bridgehead atoms. The summed E-state index contributed by atoms with van der Waals surface area (Å²) in [6.07, 6.45) is 0. The maximum atomic E-state index is 12.8. The normalized spacial score (nSPS) is 11.2. The summed E-state index contributed by atoms with van der Waals surface area (Å²) in [4.78, 5) is 75.0. The fourth-order valence-corrected chi connectivity index (χ4v) is 4.28. The lowest BCUT2D eigenvalue weighted by atomic mass is 10.2. The largest absolute Gasteiger partial charge is 0.474 e. The Bertz CT molecular complexity index is 1830. The third-order valence-corrected chi connectivity index (χ3v) is 6.48. The summed E-state index contributed by atoms with van der Waals surface area (Å²) in [6.45, 7) is 1.99. The molecular weight excluding hydrogens is 724 g/mol. The zero-order valence-corrected chi connectivity index (χ0v) is 29.4. The fraction of sp³-hybridized carbons (Fsp3) is 0.312. The van der Waals surface area contributed by atoms with Crippen molar-refractivity contribution in [1.29, 1.82) is 0 Å².